The van der Waals surface area contributed by atoms with E-state index in [0.717, 1.165) is 24.3 Å². The minimum atomic E-state index is -0.421. The lowest BCUT2D eigenvalue weighted by Crippen LogP contribution is -2.65. The van der Waals surface area contributed by atoms with Crippen LogP contribution < -0.4 is 5.32 Å². The lowest BCUT2D eigenvalue weighted by atomic mass is 9.75. The number of halogens is 1. The van der Waals surface area contributed by atoms with E-state index >= 15 is 0 Å². The summed E-state index contributed by atoms with van der Waals surface area (Å²) >= 11 is 5.98. The largest absolute Gasteiger partial charge is 0.347 e. The van der Waals surface area contributed by atoms with E-state index in [1.165, 1.54) is 5.56 Å². The van der Waals surface area contributed by atoms with Crippen molar-refractivity contribution in [2.45, 2.75) is 56.9 Å². The summed E-state index contributed by atoms with van der Waals surface area (Å²) in [7, 11) is 0. The van der Waals surface area contributed by atoms with E-state index in [4.69, 9.17) is 21.1 Å². The number of rotatable bonds is 2. The predicted octanol–water partition coefficient (Wildman–Crippen LogP) is 3.55. The van der Waals surface area contributed by atoms with Crippen LogP contribution in [0.1, 0.15) is 39.2 Å². The van der Waals surface area contributed by atoms with Gasteiger partial charge in [-0.1, -0.05) is 23.7 Å². The summed E-state index contributed by atoms with van der Waals surface area (Å²) in [6.45, 7) is 8.10. The first kappa shape index (κ1) is 15.3. The fourth-order valence-electron chi connectivity index (χ4n) is 4.10. The van der Waals surface area contributed by atoms with E-state index in [2.05, 4.69) is 38.2 Å². The maximum atomic E-state index is 5.99. The van der Waals surface area contributed by atoms with Gasteiger partial charge >= 0.3 is 0 Å². The van der Waals surface area contributed by atoms with Gasteiger partial charge in [0.05, 0.1) is 13.2 Å². The molecule has 1 N–H and O–H groups in total. The molecule has 0 amide bonds. The Bertz CT molecular complexity index is 508. The van der Waals surface area contributed by atoms with Gasteiger partial charge in [-0.25, -0.2) is 0 Å². The first-order valence-electron chi connectivity index (χ1n) is 7.62. The molecule has 0 radical (unpaired) electrons. The third-order valence-electron chi connectivity index (χ3n) is 4.33. The van der Waals surface area contributed by atoms with Crippen LogP contribution in [0.4, 0.5) is 0 Å². The quantitative estimate of drug-likeness (QED) is 0.906. The predicted molar refractivity (Wildman–Crippen MR) is 84.6 cm³/mol. The third-order valence-corrected chi connectivity index (χ3v) is 4.58. The average Bonchev–Trinajstić information content (AvgIpc) is 2.76. The molecule has 2 fully saturated rings. The smallest absolute Gasteiger partial charge is 0.171 e. The number of hydrogen-bond donors (Lipinski definition) is 1. The number of nitrogens with one attached hydrogen (secondary N) is 1. The van der Waals surface area contributed by atoms with E-state index in [-0.39, 0.29) is 11.1 Å². The zero-order valence-electron chi connectivity index (χ0n) is 13.0. The second-order valence-electron chi connectivity index (χ2n) is 7.33. The van der Waals surface area contributed by atoms with Crippen LogP contribution in [-0.2, 0) is 15.9 Å². The average molecular weight is 310 g/mol. The molecular formula is C17H24ClNO2. The minimum absolute atomic E-state index is 0.0102. The molecule has 1 aromatic rings. The van der Waals surface area contributed by atoms with Crippen molar-refractivity contribution in [2.24, 2.45) is 0 Å². The van der Waals surface area contributed by atoms with Crippen LogP contribution in [0.25, 0.3) is 0 Å². The Balaban J connectivity index is 1.82. The van der Waals surface area contributed by atoms with Crippen LogP contribution in [0.3, 0.4) is 0 Å². The topological polar surface area (TPSA) is 30.5 Å². The Labute approximate surface area is 132 Å². The SMILES string of the molecule is CC1(C)CC2(CC(C)(Cc3ccc(Cl)cc3)N1)OCCO2. The van der Waals surface area contributed by atoms with E-state index in [9.17, 15) is 0 Å². The van der Waals surface area contributed by atoms with Gasteiger partial charge in [0.15, 0.2) is 5.79 Å². The zero-order chi connectivity index (χ0) is 15.1. The van der Waals surface area contributed by atoms with Crippen molar-refractivity contribution in [2.75, 3.05) is 13.2 Å². The maximum absolute atomic E-state index is 5.99. The summed E-state index contributed by atoms with van der Waals surface area (Å²) in [5.74, 6) is -0.421. The molecule has 1 atom stereocenters. The lowest BCUT2D eigenvalue weighted by molar-refractivity contribution is -0.207. The fourth-order valence-corrected chi connectivity index (χ4v) is 4.22. The van der Waals surface area contributed by atoms with E-state index in [1.807, 2.05) is 12.1 Å². The van der Waals surface area contributed by atoms with Crippen LogP contribution in [0.2, 0.25) is 5.02 Å². The molecule has 21 heavy (non-hydrogen) atoms. The molecule has 2 aliphatic heterocycles. The first-order valence-corrected chi connectivity index (χ1v) is 8.00. The van der Waals surface area contributed by atoms with Crippen LogP contribution in [0.5, 0.6) is 0 Å². The normalized spacial score (nSPS) is 30.7. The molecule has 1 unspecified atom stereocenters. The summed E-state index contributed by atoms with van der Waals surface area (Å²) in [6.07, 6.45) is 2.68. The van der Waals surface area contributed by atoms with Gasteiger partial charge in [0.2, 0.25) is 0 Å². The number of benzene rings is 1. The van der Waals surface area contributed by atoms with Crippen molar-refractivity contribution in [1.82, 2.24) is 5.32 Å². The van der Waals surface area contributed by atoms with Gasteiger partial charge in [0.25, 0.3) is 0 Å². The van der Waals surface area contributed by atoms with Crippen molar-refractivity contribution in [3.05, 3.63) is 34.9 Å². The summed E-state index contributed by atoms with van der Waals surface area (Å²) in [6, 6.07) is 8.10. The molecule has 1 aromatic carbocycles. The highest BCUT2D eigenvalue weighted by Gasteiger charge is 2.52. The monoisotopic (exact) mass is 309 g/mol. The molecule has 0 bridgehead atoms. The third kappa shape index (κ3) is 3.42. The summed E-state index contributed by atoms with van der Waals surface area (Å²) < 4.78 is 12.0. The zero-order valence-corrected chi connectivity index (χ0v) is 13.8. The molecule has 4 heteroatoms. The number of hydrogen-bond acceptors (Lipinski definition) is 3. The highest BCUT2D eigenvalue weighted by atomic mass is 35.5. The second-order valence-corrected chi connectivity index (χ2v) is 7.77. The Morgan fingerprint density at radius 3 is 2.29 bits per heavy atom. The Hall–Kier alpha value is -0.610. The standard InChI is InChI=1S/C17H24ClNO2/c1-15(2)11-17(20-8-9-21-17)12-16(3,19-15)10-13-4-6-14(18)7-5-13/h4-7,19H,8-12H2,1-3H3. The Morgan fingerprint density at radius 1 is 1.05 bits per heavy atom. The number of piperidine rings is 1. The molecule has 0 saturated carbocycles. The van der Waals surface area contributed by atoms with Gasteiger partial charge in [-0.3, -0.25) is 0 Å². The van der Waals surface area contributed by atoms with Gasteiger partial charge in [-0.05, 0) is 44.9 Å². The van der Waals surface area contributed by atoms with Crippen molar-refractivity contribution in [3.8, 4) is 0 Å². The molecule has 2 heterocycles. The first-order chi connectivity index (χ1) is 9.80. The summed E-state index contributed by atoms with van der Waals surface area (Å²) in [4.78, 5) is 0. The lowest BCUT2D eigenvalue weighted by Gasteiger charge is -2.51. The molecule has 3 rings (SSSR count). The van der Waals surface area contributed by atoms with Crippen molar-refractivity contribution >= 4 is 11.6 Å². The molecular weight excluding hydrogens is 286 g/mol. The van der Waals surface area contributed by atoms with Crippen molar-refractivity contribution in [1.29, 1.82) is 0 Å². The van der Waals surface area contributed by atoms with Gasteiger partial charge in [-0.2, -0.15) is 0 Å². The Morgan fingerprint density at radius 2 is 1.67 bits per heavy atom. The summed E-state index contributed by atoms with van der Waals surface area (Å²) in [5.41, 5.74) is 1.21. The highest BCUT2D eigenvalue weighted by Crippen LogP contribution is 2.42. The van der Waals surface area contributed by atoms with Gasteiger partial charge in [0.1, 0.15) is 0 Å². The molecule has 2 aliphatic rings. The molecule has 116 valence electrons. The maximum Gasteiger partial charge on any atom is 0.171 e. The fraction of sp³-hybridized carbons (Fsp3) is 0.647. The van der Waals surface area contributed by atoms with Crippen LogP contribution in [0, 0.1) is 0 Å². The van der Waals surface area contributed by atoms with Crippen LogP contribution >= 0.6 is 11.6 Å². The Kier molecular flexibility index (Phi) is 3.81. The van der Waals surface area contributed by atoms with Crippen LogP contribution in [-0.4, -0.2) is 30.1 Å². The molecule has 2 saturated heterocycles. The molecule has 1 spiro atoms. The molecule has 0 aliphatic carbocycles. The highest BCUT2D eigenvalue weighted by molar-refractivity contribution is 6.30. The van der Waals surface area contributed by atoms with Crippen LogP contribution in [0.15, 0.2) is 24.3 Å². The second kappa shape index (κ2) is 5.24. The van der Waals surface area contributed by atoms with Gasteiger partial charge in [0, 0.05) is 28.9 Å². The van der Waals surface area contributed by atoms with E-state index in [1.54, 1.807) is 0 Å². The van der Waals surface area contributed by atoms with E-state index in [0.29, 0.717) is 13.2 Å². The van der Waals surface area contributed by atoms with Crippen molar-refractivity contribution in [3.63, 3.8) is 0 Å². The molecule has 3 nitrogen and oxygen atoms in total. The number of ether oxygens (including phenoxy) is 2. The van der Waals surface area contributed by atoms with Gasteiger partial charge in [-0.15, -0.1) is 0 Å². The minimum Gasteiger partial charge on any atom is -0.347 e. The van der Waals surface area contributed by atoms with Gasteiger partial charge < -0.3 is 14.8 Å². The van der Waals surface area contributed by atoms with E-state index < -0.39 is 5.79 Å². The van der Waals surface area contributed by atoms with Crippen molar-refractivity contribution < 1.29 is 9.47 Å². The molecule has 0 aromatic heterocycles. The summed E-state index contributed by atoms with van der Waals surface area (Å²) in [5, 5.41) is 4.57.